The van der Waals surface area contributed by atoms with Gasteiger partial charge in [0.15, 0.2) is 5.13 Å². The molecule has 41 heavy (non-hydrogen) atoms. The van der Waals surface area contributed by atoms with Crippen LogP contribution in [0.2, 0.25) is 0 Å². The van der Waals surface area contributed by atoms with Crippen molar-refractivity contribution < 1.29 is 13.2 Å². The maximum atomic E-state index is 14.0. The van der Waals surface area contributed by atoms with Crippen LogP contribution in [0, 0.1) is 0 Å². The van der Waals surface area contributed by atoms with Gasteiger partial charge in [0, 0.05) is 18.7 Å². The third kappa shape index (κ3) is 6.25. The minimum Gasteiger partial charge on any atom is -0.279 e. The van der Waals surface area contributed by atoms with Crippen molar-refractivity contribution in [2.75, 3.05) is 11.4 Å². The lowest BCUT2D eigenvalue weighted by Crippen LogP contribution is -2.31. The Morgan fingerprint density at radius 2 is 1.41 bits per heavy atom. The topological polar surface area (TPSA) is 70.6 Å². The molecule has 0 saturated heterocycles. The smallest absolute Gasteiger partial charge is 0.260 e. The van der Waals surface area contributed by atoms with Crippen molar-refractivity contribution >= 4 is 42.6 Å². The molecule has 4 aromatic carbocycles. The van der Waals surface area contributed by atoms with Crippen LogP contribution >= 0.6 is 11.3 Å². The van der Waals surface area contributed by atoms with Crippen LogP contribution in [0.4, 0.5) is 5.13 Å². The number of anilines is 1. The number of thiazole rings is 1. The Kier molecular flexibility index (Phi) is 8.63. The lowest BCUT2D eigenvalue weighted by molar-refractivity contribution is 0.0985. The maximum Gasteiger partial charge on any atom is 0.260 e. The zero-order chi connectivity index (χ0) is 29.0. The second kappa shape index (κ2) is 12.3. The molecular weight excluding hydrogens is 551 g/mol. The van der Waals surface area contributed by atoms with Crippen LogP contribution in [-0.2, 0) is 23.1 Å². The molecule has 1 amide bonds. The van der Waals surface area contributed by atoms with Crippen LogP contribution in [0.25, 0.3) is 10.2 Å². The predicted molar refractivity (Wildman–Crippen MR) is 167 cm³/mol. The normalized spacial score (nSPS) is 11.8. The lowest BCUT2D eigenvalue weighted by Gasteiger charge is -2.22. The summed E-state index contributed by atoms with van der Waals surface area (Å²) in [5, 5.41) is 0.610. The van der Waals surface area contributed by atoms with Crippen molar-refractivity contribution in [2.24, 2.45) is 0 Å². The average molecular weight is 584 g/mol. The second-order valence-electron chi connectivity index (χ2n) is 10.2. The molecule has 210 valence electrons. The van der Waals surface area contributed by atoms with E-state index in [0.717, 1.165) is 26.9 Å². The SMILES string of the molecule is CCN(Cc1ccccc1)S(=O)(=O)c1ccc(C(=O)N(Cc2ccccc2)c2nc3c(C(C)C)cccc3s2)cc1. The fraction of sp³-hybridized carbons (Fsp3) is 0.212. The van der Waals surface area contributed by atoms with Crippen LogP contribution in [0.1, 0.15) is 53.7 Å². The number of benzene rings is 4. The lowest BCUT2D eigenvalue weighted by atomic mass is 10.0. The van der Waals surface area contributed by atoms with E-state index in [1.807, 2.05) is 79.7 Å². The van der Waals surface area contributed by atoms with Gasteiger partial charge in [-0.1, -0.05) is 105 Å². The highest BCUT2D eigenvalue weighted by Crippen LogP contribution is 2.35. The van der Waals surface area contributed by atoms with Crippen LogP contribution in [-0.4, -0.2) is 30.2 Å². The molecule has 0 aliphatic heterocycles. The third-order valence-electron chi connectivity index (χ3n) is 7.01. The van der Waals surface area contributed by atoms with Gasteiger partial charge in [0.25, 0.3) is 5.91 Å². The van der Waals surface area contributed by atoms with Gasteiger partial charge in [0.05, 0.1) is 21.7 Å². The molecule has 8 heteroatoms. The molecule has 5 aromatic rings. The number of para-hydroxylation sites is 1. The number of hydrogen-bond donors (Lipinski definition) is 0. The second-order valence-corrected chi connectivity index (χ2v) is 13.1. The quantitative estimate of drug-likeness (QED) is 0.171. The van der Waals surface area contributed by atoms with Gasteiger partial charge in [0.2, 0.25) is 10.0 Å². The molecule has 5 rings (SSSR count). The molecule has 0 atom stereocenters. The van der Waals surface area contributed by atoms with Crippen molar-refractivity contribution in [3.05, 3.63) is 125 Å². The summed E-state index contributed by atoms with van der Waals surface area (Å²) in [4.78, 5) is 20.7. The molecule has 0 bridgehead atoms. The molecule has 0 radical (unpaired) electrons. The fourth-order valence-electron chi connectivity index (χ4n) is 4.76. The minimum atomic E-state index is -3.74. The van der Waals surface area contributed by atoms with Gasteiger partial charge >= 0.3 is 0 Å². The summed E-state index contributed by atoms with van der Waals surface area (Å²) in [5.41, 5.74) is 4.34. The van der Waals surface area contributed by atoms with Gasteiger partial charge in [0.1, 0.15) is 0 Å². The molecule has 0 saturated carbocycles. The first-order valence-electron chi connectivity index (χ1n) is 13.7. The van der Waals surface area contributed by atoms with Crippen LogP contribution in [0.5, 0.6) is 0 Å². The summed E-state index contributed by atoms with van der Waals surface area (Å²) >= 11 is 1.49. The van der Waals surface area contributed by atoms with Gasteiger partial charge in [-0.25, -0.2) is 13.4 Å². The first kappa shape index (κ1) is 28.7. The highest BCUT2D eigenvalue weighted by atomic mass is 32.2. The Hall–Kier alpha value is -3.85. The highest BCUT2D eigenvalue weighted by molar-refractivity contribution is 7.89. The third-order valence-corrected chi connectivity index (χ3v) is 9.99. The van der Waals surface area contributed by atoms with Gasteiger partial charge in [-0.3, -0.25) is 9.69 Å². The zero-order valence-electron chi connectivity index (χ0n) is 23.4. The number of nitrogens with zero attached hydrogens (tertiary/aromatic N) is 3. The monoisotopic (exact) mass is 583 g/mol. The molecule has 0 aliphatic rings. The average Bonchev–Trinajstić information content (AvgIpc) is 3.43. The van der Waals surface area contributed by atoms with Gasteiger partial charge in [-0.2, -0.15) is 4.31 Å². The van der Waals surface area contributed by atoms with E-state index in [1.54, 1.807) is 17.0 Å². The van der Waals surface area contributed by atoms with Crippen molar-refractivity contribution in [2.45, 2.75) is 44.7 Å². The van der Waals surface area contributed by atoms with E-state index in [4.69, 9.17) is 4.98 Å². The minimum absolute atomic E-state index is 0.156. The number of sulfonamides is 1. The highest BCUT2D eigenvalue weighted by Gasteiger charge is 2.26. The Bertz CT molecular complexity index is 1730. The van der Waals surface area contributed by atoms with E-state index in [9.17, 15) is 13.2 Å². The van der Waals surface area contributed by atoms with Crippen LogP contribution in [0.15, 0.2) is 108 Å². The van der Waals surface area contributed by atoms with Crippen molar-refractivity contribution in [1.29, 1.82) is 0 Å². The van der Waals surface area contributed by atoms with E-state index < -0.39 is 10.0 Å². The number of hydrogen-bond acceptors (Lipinski definition) is 5. The van der Waals surface area contributed by atoms with E-state index >= 15 is 0 Å². The molecule has 0 spiro atoms. The summed E-state index contributed by atoms with van der Waals surface area (Å²) in [5.74, 6) is 0.0607. The summed E-state index contributed by atoms with van der Waals surface area (Å²) in [6, 6.07) is 31.7. The molecule has 1 heterocycles. The van der Waals surface area contributed by atoms with E-state index in [2.05, 4.69) is 19.9 Å². The number of carbonyl (C=O) groups excluding carboxylic acids is 1. The largest absolute Gasteiger partial charge is 0.279 e. The van der Waals surface area contributed by atoms with Gasteiger partial charge in [-0.15, -0.1) is 0 Å². The standard InChI is InChI=1S/C33H33N3O3S2/c1-4-35(22-25-12-7-5-8-13-25)41(38,39)28-20-18-27(19-21-28)32(37)36(23-26-14-9-6-10-15-26)33-34-31-29(24(2)3)16-11-17-30(31)40-33/h5-21,24H,4,22-23H2,1-3H3. The summed E-state index contributed by atoms with van der Waals surface area (Å²) in [6.07, 6.45) is 0. The van der Waals surface area contributed by atoms with E-state index in [1.165, 1.54) is 27.8 Å². The molecule has 0 unspecified atom stereocenters. The summed E-state index contributed by atoms with van der Waals surface area (Å²) in [6.45, 7) is 7.05. The molecule has 0 fully saturated rings. The van der Waals surface area contributed by atoms with Crippen molar-refractivity contribution in [3.63, 3.8) is 0 Å². The number of fused-ring (bicyclic) bond motifs is 1. The Morgan fingerprint density at radius 1 is 0.805 bits per heavy atom. The summed E-state index contributed by atoms with van der Waals surface area (Å²) in [7, 11) is -3.74. The molecule has 0 N–H and O–H groups in total. The molecule has 1 aromatic heterocycles. The molecule has 0 aliphatic carbocycles. The van der Waals surface area contributed by atoms with Gasteiger partial charge < -0.3 is 0 Å². The van der Waals surface area contributed by atoms with Crippen molar-refractivity contribution in [3.8, 4) is 0 Å². The fourth-order valence-corrected chi connectivity index (χ4v) is 7.20. The van der Waals surface area contributed by atoms with Crippen LogP contribution < -0.4 is 4.90 Å². The molecule has 6 nitrogen and oxygen atoms in total. The van der Waals surface area contributed by atoms with Crippen LogP contribution in [0.3, 0.4) is 0 Å². The number of amides is 1. The van der Waals surface area contributed by atoms with E-state index in [-0.39, 0.29) is 17.3 Å². The number of carbonyl (C=O) groups is 1. The van der Waals surface area contributed by atoms with E-state index in [0.29, 0.717) is 29.7 Å². The first-order chi connectivity index (χ1) is 19.8. The Labute approximate surface area is 246 Å². The number of aromatic nitrogens is 1. The predicted octanol–water partition coefficient (Wildman–Crippen LogP) is 7.48. The Balaban J connectivity index is 1.46. The molecular formula is C33H33N3O3S2. The number of rotatable bonds is 10. The van der Waals surface area contributed by atoms with Crippen molar-refractivity contribution in [1.82, 2.24) is 9.29 Å². The first-order valence-corrected chi connectivity index (χ1v) is 15.9. The summed E-state index contributed by atoms with van der Waals surface area (Å²) < 4.78 is 29.4. The maximum absolute atomic E-state index is 14.0. The Morgan fingerprint density at radius 3 is 2.00 bits per heavy atom. The zero-order valence-corrected chi connectivity index (χ0v) is 25.0. The van der Waals surface area contributed by atoms with Gasteiger partial charge in [-0.05, 0) is 52.9 Å².